The molecule has 7 nitrogen and oxygen atoms in total. The number of hydrogen-bond donors (Lipinski definition) is 2. The molecule has 0 radical (unpaired) electrons. The summed E-state index contributed by atoms with van der Waals surface area (Å²) in [7, 11) is -6.95. The van der Waals surface area contributed by atoms with Crippen molar-refractivity contribution in [1.29, 1.82) is 0 Å². The molecule has 0 bridgehead atoms. The number of hydrogen-bond acceptors (Lipinski definition) is 5. The third kappa shape index (κ3) is 11.8. The summed E-state index contributed by atoms with van der Waals surface area (Å²) < 4.78 is 50.1. The van der Waals surface area contributed by atoms with E-state index in [9.17, 15) is 13.0 Å². The van der Waals surface area contributed by atoms with Crippen LogP contribution in [0.25, 0.3) is 0 Å². The molecule has 0 aromatic carbocycles. The van der Waals surface area contributed by atoms with Gasteiger partial charge in [-0.3, -0.25) is 9.12 Å². The van der Waals surface area contributed by atoms with Gasteiger partial charge < -0.3 is 4.52 Å². The van der Waals surface area contributed by atoms with Gasteiger partial charge in [0, 0.05) is 24.8 Å². The molecular formula is C13H28Cl2N2NaO5PS2. The van der Waals surface area contributed by atoms with E-state index in [-0.39, 0.29) is 40.7 Å². The van der Waals surface area contributed by atoms with E-state index in [1.165, 1.54) is 0 Å². The summed E-state index contributed by atoms with van der Waals surface area (Å²) >= 11 is 13.2. The van der Waals surface area contributed by atoms with Crippen LogP contribution in [0.3, 0.4) is 0 Å². The molecule has 1 rings (SSSR count). The van der Waals surface area contributed by atoms with Gasteiger partial charge in [-0.2, -0.15) is 8.42 Å². The van der Waals surface area contributed by atoms with Crippen LogP contribution in [0.5, 0.6) is 0 Å². The fraction of sp³-hybridized carbons (Fsp3) is 1.00. The molecule has 1 heterocycles. The molecule has 0 saturated carbocycles. The van der Waals surface area contributed by atoms with Crippen molar-refractivity contribution < 1.29 is 22.1 Å². The number of unbranched alkanes of at least 4 members (excludes halogenated alkanes) is 3. The number of halogens is 2. The van der Waals surface area contributed by atoms with Crippen LogP contribution in [0.1, 0.15) is 32.1 Å². The molecule has 26 heavy (non-hydrogen) atoms. The Kier molecular flexibility index (Phi) is 16.0. The van der Waals surface area contributed by atoms with Crippen LogP contribution in [0.15, 0.2) is 0 Å². The summed E-state index contributed by atoms with van der Waals surface area (Å²) in [6.07, 6.45) is 3.84. The Labute approximate surface area is 193 Å². The van der Waals surface area contributed by atoms with Crippen LogP contribution in [0.2, 0.25) is 0 Å². The molecule has 1 aliphatic heterocycles. The van der Waals surface area contributed by atoms with Crippen molar-refractivity contribution in [2.45, 2.75) is 37.5 Å². The Morgan fingerprint density at radius 2 is 1.81 bits per heavy atom. The number of thioether (sulfide) groups is 1. The Morgan fingerprint density at radius 1 is 1.19 bits per heavy atom. The summed E-state index contributed by atoms with van der Waals surface area (Å²) in [6, 6.07) is 0. The van der Waals surface area contributed by atoms with Crippen molar-refractivity contribution in [2.75, 3.05) is 43.0 Å². The second-order valence-corrected chi connectivity index (χ2v) is 11.4. The van der Waals surface area contributed by atoms with E-state index < -0.39 is 17.8 Å². The quantitative estimate of drug-likeness (QED) is 0.136. The minimum absolute atomic E-state index is 0. The van der Waals surface area contributed by atoms with Crippen LogP contribution in [-0.2, 0) is 19.2 Å². The molecule has 0 amide bonds. The van der Waals surface area contributed by atoms with Gasteiger partial charge in [0.05, 0.1) is 17.7 Å². The van der Waals surface area contributed by atoms with Gasteiger partial charge >= 0.3 is 37.2 Å². The number of nitrogens with zero attached hydrogens (tertiary/aromatic N) is 1. The molecule has 1 saturated heterocycles. The zero-order valence-electron chi connectivity index (χ0n) is 14.1. The first-order valence-electron chi connectivity index (χ1n) is 8.27. The van der Waals surface area contributed by atoms with Gasteiger partial charge in [-0.1, -0.05) is 12.8 Å². The Morgan fingerprint density at radius 3 is 2.38 bits per heavy atom. The third-order valence-electron chi connectivity index (χ3n) is 3.63. The molecule has 2 N–H and O–H groups in total. The number of rotatable bonds is 13. The van der Waals surface area contributed by atoms with Crippen molar-refractivity contribution in [3.63, 3.8) is 0 Å². The van der Waals surface area contributed by atoms with Gasteiger partial charge in [-0.15, -0.1) is 35.0 Å². The van der Waals surface area contributed by atoms with Crippen LogP contribution >= 0.6 is 42.6 Å². The maximum atomic E-state index is 13.0. The molecule has 2 atom stereocenters. The second-order valence-electron chi connectivity index (χ2n) is 5.66. The molecule has 152 valence electrons. The van der Waals surface area contributed by atoms with Crippen LogP contribution in [0.4, 0.5) is 0 Å². The van der Waals surface area contributed by atoms with Gasteiger partial charge in [0.25, 0.3) is 10.1 Å². The van der Waals surface area contributed by atoms with E-state index in [4.69, 9.17) is 32.3 Å². The molecule has 1 aliphatic rings. The predicted octanol–water partition coefficient (Wildman–Crippen LogP) is 2.74. The summed E-state index contributed by atoms with van der Waals surface area (Å²) in [5, 5.41) is 3.16. The molecule has 2 unspecified atom stereocenters. The van der Waals surface area contributed by atoms with Gasteiger partial charge in [0.15, 0.2) is 0 Å². The van der Waals surface area contributed by atoms with E-state index in [0.29, 0.717) is 37.9 Å². The van der Waals surface area contributed by atoms with Gasteiger partial charge in [0.1, 0.15) is 0 Å². The molecule has 0 spiro atoms. The minimum atomic E-state index is -3.85. The molecule has 0 aromatic heterocycles. The monoisotopic (exact) mass is 480 g/mol. The molecule has 13 heteroatoms. The standard InChI is InChI=1S/C13H27Cl2N2O5PS2.Na.H/c14-6-8-17(9-7-15)23(18)16-13(5-10-22-23)24-11-3-1-2-4-12-25(19,20)21;;/h13H,1-12H2,(H,16,18)(H,19,20,21);;. The first-order chi connectivity index (χ1) is 11.8. The van der Waals surface area contributed by atoms with E-state index >= 15 is 0 Å². The fourth-order valence-electron chi connectivity index (χ4n) is 2.39. The van der Waals surface area contributed by atoms with E-state index in [2.05, 4.69) is 5.09 Å². The first kappa shape index (κ1) is 27.9. The summed E-state index contributed by atoms with van der Waals surface area (Å²) in [5.74, 6) is 1.41. The SMILES string of the molecule is O=P1(N(CCCl)CCCl)NC(SCCCCCCS(=O)(=O)O)CCO1.[NaH]. The molecule has 0 aromatic rings. The zero-order valence-corrected chi connectivity index (χ0v) is 18.1. The summed E-state index contributed by atoms with van der Waals surface area (Å²) in [6.45, 7) is 1.32. The second kappa shape index (κ2) is 14.9. The zero-order chi connectivity index (χ0) is 18.8. The Hall–Kier alpha value is 1.95. The third-order valence-corrected chi connectivity index (χ3v) is 8.54. The van der Waals surface area contributed by atoms with E-state index in [0.717, 1.165) is 31.4 Å². The van der Waals surface area contributed by atoms with Crippen LogP contribution in [0, 0.1) is 0 Å². The first-order valence-corrected chi connectivity index (χ1v) is 13.6. The summed E-state index contributed by atoms with van der Waals surface area (Å²) in [4.78, 5) is 0. The van der Waals surface area contributed by atoms with Crippen LogP contribution in [-0.4, -0.2) is 95.5 Å². The Balaban J connectivity index is 0.00000625. The Bertz CT molecular complexity index is 527. The van der Waals surface area contributed by atoms with Gasteiger partial charge in [-0.25, -0.2) is 9.76 Å². The predicted molar refractivity (Wildman–Crippen MR) is 113 cm³/mol. The maximum absolute atomic E-state index is 13.0. The topological polar surface area (TPSA) is 95.9 Å². The average Bonchev–Trinajstić information content (AvgIpc) is 2.53. The average molecular weight is 481 g/mol. The van der Waals surface area contributed by atoms with Crippen molar-refractivity contribution >= 4 is 82.3 Å². The molecule has 0 aliphatic carbocycles. The van der Waals surface area contributed by atoms with Crippen molar-refractivity contribution in [3.05, 3.63) is 0 Å². The van der Waals surface area contributed by atoms with Crippen molar-refractivity contribution in [2.24, 2.45) is 0 Å². The fourth-order valence-corrected chi connectivity index (χ4v) is 7.19. The molecular weight excluding hydrogens is 453 g/mol. The number of nitrogens with one attached hydrogen (secondary N) is 1. The normalized spacial score (nSPS) is 23.8. The van der Waals surface area contributed by atoms with Gasteiger partial charge in [0.2, 0.25) is 0 Å². The van der Waals surface area contributed by atoms with E-state index in [1.54, 1.807) is 16.4 Å². The van der Waals surface area contributed by atoms with Crippen molar-refractivity contribution in [3.8, 4) is 0 Å². The van der Waals surface area contributed by atoms with Crippen molar-refractivity contribution in [1.82, 2.24) is 9.76 Å². The number of alkyl halides is 2. The summed E-state index contributed by atoms with van der Waals surface area (Å²) in [5.41, 5.74) is 0. The van der Waals surface area contributed by atoms with Crippen LogP contribution < -0.4 is 5.09 Å². The molecule has 1 fully saturated rings. The van der Waals surface area contributed by atoms with E-state index in [1.807, 2.05) is 0 Å². The van der Waals surface area contributed by atoms with Gasteiger partial charge in [-0.05, 0) is 25.0 Å².